The fourth-order valence-corrected chi connectivity index (χ4v) is 3.83. The average Bonchev–Trinajstić information content (AvgIpc) is 2.71. The van der Waals surface area contributed by atoms with Crippen molar-refractivity contribution in [2.24, 2.45) is 0 Å². The van der Waals surface area contributed by atoms with Crippen LogP contribution in [0.5, 0.6) is 0 Å². The van der Waals surface area contributed by atoms with E-state index in [-0.39, 0.29) is 23.2 Å². The normalized spacial score (nSPS) is 18.8. The third-order valence-electron chi connectivity index (χ3n) is 5.15. The minimum atomic E-state index is -0.594. The Kier molecular flexibility index (Phi) is 4.61. The SMILES string of the molecule is C=C1NC(=O)NC(C(=O)NC2CCCc3c(-c4ccccc4)cccc32)=C1O. The first-order valence-electron chi connectivity index (χ1n) is 9.23. The molecule has 4 N–H and O–H groups in total. The number of hydrogen-bond donors (Lipinski definition) is 4. The molecule has 1 atom stereocenters. The van der Waals surface area contributed by atoms with Crippen LogP contribution >= 0.6 is 0 Å². The zero-order chi connectivity index (χ0) is 19.7. The third kappa shape index (κ3) is 3.24. The zero-order valence-corrected chi connectivity index (χ0v) is 15.3. The number of benzene rings is 2. The van der Waals surface area contributed by atoms with E-state index in [0.29, 0.717) is 0 Å². The summed E-state index contributed by atoms with van der Waals surface area (Å²) in [7, 11) is 0. The summed E-state index contributed by atoms with van der Waals surface area (Å²) in [4.78, 5) is 24.3. The first-order chi connectivity index (χ1) is 13.5. The van der Waals surface area contributed by atoms with Crippen LogP contribution in [-0.2, 0) is 11.2 Å². The van der Waals surface area contributed by atoms with Crippen LogP contribution in [0.2, 0.25) is 0 Å². The van der Waals surface area contributed by atoms with Gasteiger partial charge in [-0.1, -0.05) is 55.1 Å². The van der Waals surface area contributed by atoms with Gasteiger partial charge in [0.05, 0.1) is 11.7 Å². The largest absolute Gasteiger partial charge is 0.504 e. The smallest absolute Gasteiger partial charge is 0.324 e. The lowest BCUT2D eigenvalue weighted by Crippen LogP contribution is -2.46. The van der Waals surface area contributed by atoms with Crippen LogP contribution in [0, 0.1) is 0 Å². The Morgan fingerprint density at radius 2 is 1.89 bits per heavy atom. The van der Waals surface area contributed by atoms with Gasteiger partial charge in [-0.3, -0.25) is 10.1 Å². The van der Waals surface area contributed by atoms with Crippen LogP contribution in [0.25, 0.3) is 11.1 Å². The lowest BCUT2D eigenvalue weighted by Gasteiger charge is -2.29. The van der Waals surface area contributed by atoms with E-state index in [1.807, 2.05) is 30.3 Å². The molecule has 142 valence electrons. The predicted octanol–water partition coefficient (Wildman–Crippen LogP) is 3.44. The summed E-state index contributed by atoms with van der Waals surface area (Å²) in [6, 6.07) is 15.5. The van der Waals surface area contributed by atoms with E-state index in [1.165, 1.54) is 11.1 Å². The summed E-state index contributed by atoms with van der Waals surface area (Å²) >= 11 is 0. The van der Waals surface area contributed by atoms with Gasteiger partial charge in [-0.05, 0) is 41.5 Å². The monoisotopic (exact) mass is 375 g/mol. The Hall–Kier alpha value is -3.54. The lowest BCUT2D eigenvalue weighted by atomic mass is 9.83. The summed E-state index contributed by atoms with van der Waals surface area (Å²) in [5, 5.41) is 17.7. The van der Waals surface area contributed by atoms with E-state index in [2.05, 4.69) is 40.7 Å². The molecule has 0 fully saturated rings. The van der Waals surface area contributed by atoms with Gasteiger partial charge in [0.15, 0.2) is 11.5 Å². The summed E-state index contributed by atoms with van der Waals surface area (Å²) < 4.78 is 0. The van der Waals surface area contributed by atoms with Crippen molar-refractivity contribution in [1.82, 2.24) is 16.0 Å². The molecule has 0 aromatic heterocycles. The van der Waals surface area contributed by atoms with Crippen LogP contribution in [-0.4, -0.2) is 17.0 Å². The fourth-order valence-electron chi connectivity index (χ4n) is 3.83. The quantitative estimate of drug-likeness (QED) is 0.662. The maximum Gasteiger partial charge on any atom is 0.324 e. The molecular weight excluding hydrogens is 354 g/mol. The number of aliphatic hydroxyl groups excluding tert-OH is 1. The highest BCUT2D eigenvalue weighted by Gasteiger charge is 2.29. The van der Waals surface area contributed by atoms with Gasteiger partial charge in [0.1, 0.15) is 0 Å². The van der Waals surface area contributed by atoms with Gasteiger partial charge < -0.3 is 15.7 Å². The van der Waals surface area contributed by atoms with E-state index in [1.54, 1.807) is 0 Å². The molecule has 1 unspecified atom stereocenters. The molecule has 0 saturated carbocycles. The van der Waals surface area contributed by atoms with Gasteiger partial charge >= 0.3 is 6.03 Å². The number of nitrogens with one attached hydrogen (secondary N) is 3. The number of carbonyl (C=O) groups excluding carboxylic acids is 2. The molecule has 6 heteroatoms. The van der Waals surface area contributed by atoms with E-state index in [0.717, 1.165) is 30.4 Å². The van der Waals surface area contributed by atoms with E-state index in [4.69, 9.17) is 0 Å². The molecule has 0 radical (unpaired) electrons. The summed E-state index contributed by atoms with van der Waals surface area (Å²) in [5.74, 6) is -0.886. The molecule has 0 saturated heterocycles. The summed E-state index contributed by atoms with van der Waals surface area (Å²) in [6.07, 6.45) is 2.67. The van der Waals surface area contributed by atoms with Gasteiger partial charge in [-0.25, -0.2) is 4.79 Å². The lowest BCUT2D eigenvalue weighted by molar-refractivity contribution is -0.118. The van der Waals surface area contributed by atoms with Crippen LogP contribution in [0.15, 0.2) is 72.3 Å². The number of aliphatic hydroxyl groups is 1. The van der Waals surface area contributed by atoms with Gasteiger partial charge in [-0.15, -0.1) is 0 Å². The third-order valence-corrected chi connectivity index (χ3v) is 5.15. The van der Waals surface area contributed by atoms with Crippen LogP contribution in [0.4, 0.5) is 4.79 Å². The van der Waals surface area contributed by atoms with Crippen LogP contribution < -0.4 is 16.0 Å². The average molecular weight is 375 g/mol. The molecule has 2 aromatic rings. The Labute approximate surface area is 163 Å². The van der Waals surface area contributed by atoms with Crippen LogP contribution in [0.3, 0.4) is 0 Å². The van der Waals surface area contributed by atoms with E-state index in [9.17, 15) is 14.7 Å². The van der Waals surface area contributed by atoms with E-state index >= 15 is 0 Å². The Morgan fingerprint density at radius 1 is 1.11 bits per heavy atom. The molecule has 2 aliphatic rings. The second kappa shape index (κ2) is 7.23. The fraction of sp³-hybridized carbons (Fsp3) is 0.182. The van der Waals surface area contributed by atoms with Crippen molar-refractivity contribution in [3.05, 3.63) is 83.4 Å². The standard InChI is InChI=1S/C22H21N3O3/c1-13-20(26)19(25-22(28)23-13)21(27)24-18-12-6-10-16-15(9-5-11-17(16)18)14-7-3-2-4-8-14/h2-5,7-9,11,18,26H,1,6,10,12H2,(H,24,27)(H2,23,25,28). The maximum atomic E-state index is 12.7. The molecular formula is C22H21N3O3. The summed E-state index contributed by atoms with van der Waals surface area (Å²) in [5.41, 5.74) is 4.43. The first-order valence-corrected chi connectivity index (χ1v) is 9.23. The number of fused-ring (bicyclic) bond motifs is 1. The topological polar surface area (TPSA) is 90.5 Å². The number of amides is 3. The van der Waals surface area contributed by atoms with Gasteiger partial charge in [0.25, 0.3) is 5.91 Å². The molecule has 2 aromatic carbocycles. The highest BCUT2D eigenvalue weighted by atomic mass is 16.3. The maximum absolute atomic E-state index is 12.7. The Bertz CT molecular complexity index is 995. The molecule has 1 heterocycles. The highest BCUT2D eigenvalue weighted by molar-refractivity contribution is 6.00. The van der Waals surface area contributed by atoms with Crippen molar-refractivity contribution >= 4 is 11.9 Å². The predicted molar refractivity (Wildman–Crippen MR) is 106 cm³/mol. The van der Waals surface area contributed by atoms with Gasteiger partial charge in [0.2, 0.25) is 0 Å². The molecule has 28 heavy (non-hydrogen) atoms. The van der Waals surface area contributed by atoms with Crippen molar-refractivity contribution in [2.45, 2.75) is 25.3 Å². The zero-order valence-electron chi connectivity index (χ0n) is 15.3. The van der Waals surface area contributed by atoms with Gasteiger partial charge in [-0.2, -0.15) is 0 Å². The molecule has 1 aliphatic heterocycles. The second-order valence-electron chi connectivity index (χ2n) is 6.94. The first kappa shape index (κ1) is 17.9. The number of carbonyl (C=O) groups is 2. The number of hydrogen-bond acceptors (Lipinski definition) is 3. The molecule has 0 bridgehead atoms. The molecule has 4 rings (SSSR count). The molecule has 1 aliphatic carbocycles. The molecule has 6 nitrogen and oxygen atoms in total. The van der Waals surface area contributed by atoms with Crippen molar-refractivity contribution in [3.8, 4) is 11.1 Å². The van der Waals surface area contributed by atoms with Crippen LogP contribution in [0.1, 0.15) is 30.0 Å². The second-order valence-corrected chi connectivity index (χ2v) is 6.94. The Morgan fingerprint density at radius 3 is 2.68 bits per heavy atom. The van der Waals surface area contributed by atoms with Crippen molar-refractivity contribution in [3.63, 3.8) is 0 Å². The minimum Gasteiger partial charge on any atom is -0.504 e. The molecule has 3 amide bonds. The van der Waals surface area contributed by atoms with Crippen molar-refractivity contribution < 1.29 is 14.7 Å². The minimum absolute atomic E-state index is 0.00399. The number of urea groups is 1. The Balaban J connectivity index is 1.64. The number of rotatable bonds is 3. The van der Waals surface area contributed by atoms with E-state index < -0.39 is 11.9 Å². The summed E-state index contributed by atoms with van der Waals surface area (Å²) in [6.45, 7) is 3.55. The van der Waals surface area contributed by atoms with Crippen molar-refractivity contribution in [1.29, 1.82) is 0 Å². The highest BCUT2D eigenvalue weighted by Crippen LogP contribution is 2.36. The van der Waals surface area contributed by atoms with Gasteiger partial charge in [0, 0.05) is 0 Å². The van der Waals surface area contributed by atoms with Crippen molar-refractivity contribution in [2.75, 3.05) is 0 Å². The molecule has 0 spiro atoms.